The van der Waals surface area contributed by atoms with E-state index in [9.17, 15) is 22.8 Å². The van der Waals surface area contributed by atoms with Crippen LogP contribution in [0, 0.1) is 0 Å². The molecular formula is C25H28F3N5O5. The number of morpholine rings is 1. The first-order valence-corrected chi connectivity index (χ1v) is 11.9. The Bertz CT molecular complexity index is 1250. The number of halogens is 3. The van der Waals surface area contributed by atoms with Crippen molar-refractivity contribution >= 4 is 40.2 Å². The third-order valence-electron chi connectivity index (χ3n) is 5.62. The lowest BCUT2D eigenvalue weighted by Gasteiger charge is -2.28. The molecule has 1 saturated heterocycles. The van der Waals surface area contributed by atoms with Gasteiger partial charge in [-0.15, -0.1) is 0 Å². The van der Waals surface area contributed by atoms with Crippen molar-refractivity contribution in [3.05, 3.63) is 53.6 Å². The molecule has 4 rings (SSSR count). The summed E-state index contributed by atoms with van der Waals surface area (Å²) in [6.45, 7) is 5.84. The molecule has 4 N–H and O–H groups in total. The molecule has 0 spiro atoms. The highest BCUT2D eigenvalue weighted by molar-refractivity contribution is 6.09. The molecule has 1 aromatic heterocycles. The lowest BCUT2D eigenvalue weighted by molar-refractivity contribution is -0.192. The van der Waals surface area contributed by atoms with Crippen LogP contribution in [-0.2, 0) is 9.53 Å². The average molecular weight is 536 g/mol. The van der Waals surface area contributed by atoms with E-state index in [-0.39, 0.29) is 11.8 Å². The number of aliphatic carboxylic acids is 1. The van der Waals surface area contributed by atoms with Gasteiger partial charge >= 0.3 is 12.1 Å². The molecule has 1 aliphatic rings. The predicted molar refractivity (Wildman–Crippen MR) is 134 cm³/mol. The normalized spacial score (nSPS) is 13.4. The van der Waals surface area contributed by atoms with Gasteiger partial charge in [0.25, 0.3) is 11.8 Å². The van der Waals surface area contributed by atoms with Crippen LogP contribution in [-0.4, -0.2) is 72.1 Å². The monoisotopic (exact) mass is 535 g/mol. The molecule has 2 amide bonds. The summed E-state index contributed by atoms with van der Waals surface area (Å²) in [5.74, 6) is -2.74. The summed E-state index contributed by atoms with van der Waals surface area (Å²) < 4.78 is 37.1. The highest BCUT2D eigenvalue weighted by Crippen LogP contribution is 2.23. The lowest BCUT2D eigenvalue weighted by atomic mass is 10.1. The number of carboxylic acids is 1. The van der Waals surface area contributed by atoms with Crippen molar-refractivity contribution in [2.24, 2.45) is 0 Å². The van der Waals surface area contributed by atoms with E-state index in [0.717, 1.165) is 37.1 Å². The number of carbonyl (C=O) groups is 3. The van der Waals surface area contributed by atoms with E-state index < -0.39 is 12.1 Å². The van der Waals surface area contributed by atoms with E-state index in [1.54, 1.807) is 18.2 Å². The first kappa shape index (κ1) is 28.4. The second-order valence-electron chi connectivity index (χ2n) is 8.35. The number of unbranched alkanes of at least 4 members (excludes halogenated alkanes) is 1. The molecule has 2 heterocycles. The van der Waals surface area contributed by atoms with Crippen LogP contribution in [0.25, 0.3) is 10.9 Å². The minimum Gasteiger partial charge on any atom is -0.475 e. The van der Waals surface area contributed by atoms with Crippen molar-refractivity contribution < 1.29 is 37.4 Å². The highest BCUT2D eigenvalue weighted by atomic mass is 19.4. The van der Waals surface area contributed by atoms with E-state index >= 15 is 0 Å². The standard InChI is InChI=1S/C23H27N5O3.C2HF3O2/c1-2-3-10-24-22(29)17-6-9-20-19(15-17)21(27-26-20)25-23(30)16-4-7-18(8-5-16)28-11-13-31-14-12-28;3-2(4,5)1(6)7/h4-9,15H,2-3,10-14H2,1H3,(H,24,29)(H2,25,26,27,30);(H,6,7). The molecule has 1 aliphatic heterocycles. The Labute approximate surface area is 216 Å². The number of ether oxygens (including phenoxy) is 1. The smallest absolute Gasteiger partial charge is 0.475 e. The van der Waals surface area contributed by atoms with Crippen molar-refractivity contribution in [2.45, 2.75) is 25.9 Å². The van der Waals surface area contributed by atoms with Crippen LogP contribution in [0.4, 0.5) is 24.7 Å². The quantitative estimate of drug-likeness (QED) is 0.338. The Morgan fingerprint density at radius 1 is 1.05 bits per heavy atom. The number of aromatic nitrogens is 2. The van der Waals surface area contributed by atoms with Crippen molar-refractivity contribution in [1.29, 1.82) is 0 Å². The number of hydrogen-bond acceptors (Lipinski definition) is 6. The fourth-order valence-corrected chi connectivity index (χ4v) is 3.56. The predicted octanol–water partition coefficient (Wildman–Crippen LogP) is 3.82. The Morgan fingerprint density at radius 2 is 1.68 bits per heavy atom. The van der Waals surface area contributed by atoms with Gasteiger partial charge in [-0.3, -0.25) is 14.7 Å². The van der Waals surface area contributed by atoms with Crippen molar-refractivity contribution in [3.8, 4) is 0 Å². The lowest BCUT2D eigenvalue weighted by Crippen LogP contribution is -2.36. The molecule has 0 unspecified atom stereocenters. The number of anilines is 2. The number of nitrogens with zero attached hydrogens (tertiary/aromatic N) is 2. The third-order valence-corrected chi connectivity index (χ3v) is 5.62. The van der Waals surface area contributed by atoms with Crippen molar-refractivity contribution in [1.82, 2.24) is 15.5 Å². The zero-order chi connectivity index (χ0) is 27.7. The van der Waals surface area contributed by atoms with E-state index in [1.165, 1.54) is 0 Å². The number of carboxylic acid groups (broad SMARTS) is 1. The minimum atomic E-state index is -5.08. The largest absolute Gasteiger partial charge is 0.490 e. The number of H-pyrrole nitrogens is 1. The molecule has 0 aliphatic carbocycles. The fraction of sp³-hybridized carbons (Fsp3) is 0.360. The fourth-order valence-electron chi connectivity index (χ4n) is 3.56. The summed E-state index contributed by atoms with van der Waals surface area (Å²) >= 11 is 0. The van der Waals surface area contributed by atoms with Gasteiger partial charge in [-0.1, -0.05) is 13.3 Å². The van der Waals surface area contributed by atoms with Crippen LogP contribution in [0.2, 0.25) is 0 Å². The summed E-state index contributed by atoms with van der Waals surface area (Å²) in [7, 11) is 0. The maximum atomic E-state index is 12.8. The molecule has 0 atom stereocenters. The number of benzene rings is 2. The van der Waals surface area contributed by atoms with Gasteiger partial charge < -0.3 is 25.4 Å². The molecular weight excluding hydrogens is 507 g/mol. The van der Waals surface area contributed by atoms with Crippen LogP contribution in [0.15, 0.2) is 42.5 Å². The van der Waals surface area contributed by atoms with Gasteiger partial charge in [0.15, 0.2) is 5.82 Å². The van der Waals surface area contributed by atoms with E-state index in [2.05, 4.69) is 32.7 Å². The second-order valence-corrected chi connectivity index (χ2v) is 8.35. The molecule has 13 heteroatoms. The Hall–Kier alpha value is -4.13. The minimum absolute atomic E-state index is 0.132. The van der Waals surface area contributed by atoms with Gasteiger partial charge in [-0.05, 0) is 48.9 Å². The maximum absolute atomic E-state index is 12.8. The Kier molecular flexibility index (Phi) is 9.66. The molecule has 38 heavy (non-hydrogen) atoms. The molecule has 1 fully saturated rings. The summed E-state index contributed by atoms with van der Waals surface area (Å²) in [6, 6.07) is 12.8. The van der Waals surface area contributed by atoms with Gasteiger partial charge in [0.2, 0.25) is 0 Å². The summed E-state index contributed by atoms with van der Waals surface area (Å²) in [4.78, 5) is 36.3. The first-order chi connectivity index (χ1) is 18.1. The SMILES string of the molecule is CCCCNC(=O)c1ccc2[nH]nc(NC(=O)c3ccc(N4CCOCC4)cc3)c2c1.O=C(O)C(F)(F)F. The third kappa shape index (κ3) is 7.68. The summed E-state index contributed by atoms with van der Waals surface area (Å²) in [6.07, 6.45) is -3.13. The van der Waals surface area contributed by atoms with Gasteiger partial charge in [0.1, 0.15) is 0 Å². The van der Waals surface area contributed by atoms with Gasteiger partial charge in [-0.2, -0.15) is 18.3 Å². The van der Waals surface area contributed by atoms with Crippen LogP contribution in [0.1, 0.15) is 40.5 Å². The molecule has 10 nitrogen and oxygen atoms in total. The van der Waals surface area contributed by atoms with Gasteiger partial charge in [0, 0.05) is 41.8 Å². The molecule has 0 bridgehead atoms. The van der Waals surface area contributed by atoms with Crippen LogP contribution in [0.3, 0.4) is 0 Å². The molecule has 204 valence electrons. The summed E-state index contributed by atoms with van der Waals surface area (Å²) in [5.41, 5.74) is 2.91. The Balaban J connectivity index is 0.000000505. The zero-order valence-electron chi connectivity index (χ0n) is 20.6. The number of alkyl halides is 3. The van der Waals surface area contributed by atoms with Crippen LogP contribution >= 0.6 is 0 Å². The van der Waals surface area contributed by atoms with E-state index in [1.807, 2.05) is 24.3 Å². The topological polar surface area (TPSA) is 137 Å². The molecule has 0 radical (unpaired) electrons. The average Bonchev–Trinajstić information content (AvgIpc) is 3.31. The number of amides is 2. The molecule has 3 aromatic rings. The number of rotatable bonds is 7. The van der Waals surface area contributed by atoms with Crippen molar-refractivity contribution in [2.75, 3.05) is 43.1 Å². The van der Waals surface area contributed by atoms with E-state index in [0.29, 0.717) is 42.1 Å². The number of hydrogen-bond donors (Lipinski definition) is 4. The van der Waals surface area contributed by atoms with Gasteiger partial charge in [0.05, 0.1) is 18.7 Å². The number of carbonyl (C=O) groups excluding carboxylic acids is 2. The maximum Gasteiger partial charge on any atom is 0.490 e. The number of fused-ring (bicyclic) bond motifs is 1. The summed E-state index contributed by atoms with van der Waals surface area (Å²) in [5, 5.41) is 20.7. The second kappa shape index (κ2) is 12.9. The Morgan fingerprint density at radius 3 is 2.29 bits per heavy atom. The van der Waals surface area contributed by atoms with Crippen LogP contribution < -0.4 is 15.5 Å². The van der Waals surface area contributed by atoms with Crippen LogP contribution in [0.5, 0.6) is 0 Å². The molecule has 2 aromatic carbocycles. The zero-order valence-corrected chi connectivity index (χ0v) is 20.6. The first-order valence-electron chi connectivity index (χ1n) is 11.9. The number of aromatic amines is 1. The van der Waals surface area contributed by atoms with Crippen molar-refractivity contribution in [3.63, 3.8) is 0 Å². The van der Waals surface area contributed by atoms with Gasteiger partial charge in [-0.25, -0.2) is 4.79 Å². The highest BCUT2D eigenvalue weighted by Gasteiger charge is 2.38. The number of nitrogens with one attached hydrogen (secondary N) is 3. The molecule has 0 saturated carbocycles. The van der Waals surface area contributed by atoms with E-state index in [4.69, 9.17) is 14.6 Å².